The Balaban J connectivity index is 2.83. The zero-order chi connectivity index (χ0) is 12.3. The first-order valence-corrected chi connectivity index (χ1v) is 4.74. The molecule has 88 valence electrons. The summed E-state index contributed by atoms with van der Waals surface area (Å²) in [7, 11) is 1.30. The number of hydrogen-bond acceptors (Lipinski definition) is 5. The predicted octanol–water partition coefficient (Wildman–Crippen LogP) is 1.16. The molecule has 7 nitrogen and oxygen atoms in total. The molecule has 7 heteroatoms. The summed E-state index contributed by atoms with van der Waals surface area (Å²) in [5.74, 6) is -1.01. The maximum atomic E-state index is 11.3. The summed E-state index contributed by atoms with van der Waals surface area (Å²) >= 11 is 0. The Bertz CT molecular complexity index is 401. The molecule has 0 aliphatic rings. The molecule has 0 aliphatic heterocycles. The van der Waals surface area contributed by atoms with Gasteiger partial charge in [-0.3, -0.25) is 4.79 Å². The van der Waals surface area contributed by atoms with Crippen LogP contribution in [-0.2, 0) is 9.53 Å². The molecule has 0 amide bonds. The number of nitrogens with zero attached hydrogens (tertiary/aromatic N) is 3. The molecule has 2 unspecified atom stereocenters. The monoisotopic (exact) mass is 227 g/mol. The van der Waals surface area contributed by atoms with Gasteiger partial charge in [-0.2, -0.15) is 4.68 Å². The number of rotatable bonds is 4. The molecule has 0 fully saturated rings. The number of aromatic nitrogens is 2. The normalized spacial score (nSPS) is 14.2. The summed E-state index contributed by atoms with van der Waals surface area (Å²) in [6, 6.07) is 1.00. The third-order valence-electron chi connectivity index (χ3n) is 2.50. The molecule has 2 atom stereocenters. The van der Waals surface area contributed by atoms with Crippen molar-refractivity contribution in [2.75, 3.05) is 7.11 Å². The van der Waals surface area contributed by atoms with Gasteiger partial charge in [0.2, 0.25) is 0 Å². The SMILES string of the molecule is COC(=O)C(C)C(C)n1ccc([N+](=O)[O-])n1. The van der Waals surface area contributed by atoms with E-state index in [1.807, 2.05) is 0 Å². The van der Waals surface area contributed by atoms with Crippen molar-refractivity contribution < 1.29 is 14.5 Å². The Kier molecular flexibility index (Phi) is 3.60. The molecular weight excluding hydrogens is 214 g/mol. The lowest BCUT2D eigenvalue weighted by Crippen LogP contribution is -2.23. The Morgan fingerprint density at radius 3 is 2.69 bits per heavy atom. The lowest BCUT2D eigenvalue weighted by Gasteiger charge is -2.14. The molecule has 0 N–H and O–H groups in total. The molecule has 1 aromatic rings. The van der Waals surface area contributed by atoms with Crippen LogP contribution in [0.25, 0.3) is 0 Å². The van der Waals surface area contributed by atoms with E-state index < -0.39 is 10.8 Å². The topological polar surface area (TPSA) is 87.3 Å². The van der Waals surface area contributed by atoms with Crippen molar-refractivity contribution in [1.82, 2.24) is 9.78 Å². The highest BCUT2D eigenvalue weighted by molar-refractivity contribution is 5.72. The Labute approximate surface area is 92.2 Å². The lowest BCUT2D eigenvalue weighted by molar-refractivity contribution is -0.389. The zero-order valence-electron chi connectivity index (χ0n) is 9.28. The molecule has 1 rings (SSSR count). The minimum Gasteiger partial charge on any atom is -0.469 e. The zero-order valence-corrected chi connectivity index (χ0v) is 9.28. The highest BCUT2D eigenvalue weighted by Crippen LogP contribution is 2.19. The van der Waals surface area contributed by atoms with Crippen LogP contribution in [0.15, 0.2) is 12.3 Å². The molecule has 16 heavy (non-hydrogen) atoms. The fourth-order valence-electron chi connectivity index (χ4n) is 1.26. The van der Waals surface area contributed by atoms with E-state index in [1.54, 1.807) is 13.8 Å². The summed E-state index contributed by atoms with van der Waals surface area (Å²) in [6.07, 6.45) is 1.47. The molecule has 0 spiro atoms. The average molecular weight is 227 g/mol. The number of nitro groups is 1. The van der Waals surface area contributed by atoms with E-state index in [0.717, 1.165) is 0 Å². The third kappa shape index (κ3) is 2.36. The van der Waals surface area contributed by atoms with Crippen LogP contribution in [0.2, 0.25) is 0 Å². The van der Waals surface area contributed by atoms with Gasteiger partial charge in [-0.25, -0.2) is 0 Å². The van der Waals surface area contributed by atoms with Crippen LogP contribution in [0.3, 0.4) is 0 Å². The van der Waals surface area contributed by atoms with Gasteiger partial charge in [-0.15, -0.1) is 0 Å². The van der Waals surface area contributed by atoms with E-state index >= 15 is 0 Å². The number of carbonyl (C=O) groups excluding carboxylic acids is 1. The summed E-state index contributed by atoms with van der Waals surface area (Å²) in [5, 5.41) is 14.2. The molecule has 0 aromatic carbocycles. The van der Waals surface area contributed by atoms with E-state index in [4.69, 9.17) is 0 Å². The summed E-state index contributed by atoms with van der Waals surface area (Å²) < 4.78 is 5.98. The van der Waals surface area contributed by atoms with Crippen molar-refractivity contribution in [2.24, 2.45) is 5.92 Å². The van der Waals surface area contributed by atoms with Crippen molar-refractivity contribution >= 4 is 11.8 Å². The van der Waals surface area contributed by atoms with Gasteiger partial charge in [0, 0.05) is 0 Å². The van der Waals surface area contributed by atoms with Gasteiger partial charge in [0.15, 0.2) is 0 Å². The highest BCUT2D eigenvalue weighted by Gasteiger charge is 2.26. The molecular formula is C9H13N3O4. The van der Waals surface area contributed by atoms with E-state index in [1.165, 1.54) is 24.1 Å². The van der Waals surface area contributed by atoms with Crippen LogP contribution in [0.4, 0.5) is 5.82 Å². The predicted molar refractivity (Wildman–Crippen MR) is 54.8 cm³/mol. The maximum Gasteiger partial charge on any atom is 0.389 e. The highest BCUT2D eigenvalue weighted by atomic mass is 16.6. The largest absolute Gasteiger partial charge is 0.469 e. The smallest absolute Gasteiger partial charge is 0.389 e. The van der Waals surface area contributed by atoms with Gasteiger partial charge < -0.3 is 14.9 Å². The van der Waals surface area contributed by atoms with Crippen LogP contribution in [0.5, 0.6) is 0 Å². The summed E-state index contributed by atoms with van der Waals surface area (Å²) in [4.78, 5) is 21.1. The summed E-state index contributed by atoms with van der Waals surface area (Å²) in [5.41, 5.74) is 0. The first-order valence-electron chi connectivity index (χ1n) is 4.74. The number of carbonyl (C=O) groups is 1. The Hall–Kier alpha value is -1.92. The molecule has 1 aromatic heterocycles. The van der Waals surface area contributed by atoms with Gasteiger partial charge in [0.1, 0.15) is 0 Å². The fourth-order valence-corrected chi connectivity index (χ4v) is 1.26. The fraction of sp³-hybridized carbons (Fsp3) is 0.556. The minimum absolute atomic E-state index is 0.232. The third-order valence-corrected chi connectivity index (χ3v) is 2.50. The number of hydrogen-bond donors (Lipinski definition) is 0. The first-order chi connectivity index (χ1) is 7.47. The maximum absolute atomic E-state index is 11.3. The van der Waals surface area contributed by atoms with Crippen LogP contribution in [-0.4, -0.2) is 27.8 Å². The quantitative estimate of drug-likeness (QED) is 0.437. The van der Waals surface area contributed by atoms with Crippen LogP contribution >= 0.6 is 0 Å². The lowest BCUT2D eigenvalue weighted by atomic mass is 10.0. The number of esters is 1. The van der Waals surface area contributed by atoms with Crippen LogP contribution < -0.4 is 0 Å². The van der Waals surface area contributed by atoms with Gasteiger partial charge in [0.05, 0.1) is 36.4 Å². The molecule has 0 aliphatic carbocycles. The van der Waals surface area contributed by atoms with Crippen molar-refractivity contribution in [3.63, 3.8) is 0 Å². The standard InChI is InChI=1S/C9H13N3O4/c1-6(9(13)16-3)7(2)11-5-4-8(10-11)12(14)15/h4-7H,1-3H3. The Morgan fingerprint density at radius 2 is 2.25 bits per heavy atom. The van der Waals surface area contributed by atoms with Crippen molar-refractivity contribution in [3.05, 3.63) is 22.4 Å². The van der Waals surface area contributed by atoms with Crippen molar-refractivity contribution in [1.29, 1.82) is 0 Å². The summed E-state index contributed by atoms with van der Waals surface area (Å²) in [6.45, 7) is 3.43. The van der Waals surface area contributed by atoms with Gasteiger partial charge in [0.25, 0.3) is 0 Å². The molecule has 0 bridgehead atoms. The van der Waals surface area contributed by atoms with Crippen molar-refractivity contribution in [3.8, 4) is 0 Å². The van der Waals surface area contributed by atoms with E-state index in [9.17, 15) is 14.9 Å². The van der Waals surface area contributed by atoms with E-state index in [2.05, 4.69) is 9.84 Å². The van der Waals surface area contributed by atoms with Gasteiger partial charge in [-0.1, -0.05) is 0 Å². The second-order valence-electron chi connectivity index (χ2n) is 3.46. The molecule has 0 saturated carbocycles. The molecule has 1 heterocycles. The second kappa shape index (κ2) is 4.73. The Morgan fingerprint density at radius 1 is 1.62 bits per heavy atom. The van der Waals surface area contributed by atoms with Gasteiger partial charge >= 0.3 is 11.8 Å². The molecule has 0 saturated heterocycles. The van der Waals surface area contributed by atoms with E-state index in [0.29, 0.717) is 0 Å². The number of methoxy groups -OCH3 is 1. The molecule has 0 radical (unpaired) electrons. The number of ether oxygens (including phenoxy) is 1. The minimum atomic E-state index is -0.577. The van der Waals surface area contributed by atoms with Crippen LogP contribution in [0, 0.1) is 16.0 Å². The first kappa shape index (κ1) is 12.2. The van der Waals surface area contributed by atoms with Gasteiger partial charge in [-0.05, 0) is 18.8 Å². The van der Waals surface area contributed by atoms with Crippen molar-refractivity contribution in [2.45, 2.75) is 19.9 Å². The van der Waals surface area contributed by atoms with E-state index in [-0.39, 0.29) is 17.8 Å². The van der Waals surface area contributed by atoms with Crippen LogP contribution in [0.1, 0.15) is 19.9 Å². The average Bonchev–Trinajstić information content (AvgIpc) is 2.75. The second-order valence-corrected chi connectivity index (χ2v) is 3.46.